The van der Waals surface area contributed by atoms with Crippen molar-refractivity contribution in [2.45, 2.75) is 44.9 Å². The highest BCUT2D eigenvalue weighted by molar-refractivity contribution is 5.80. The molecule has 2 atom stereocenters. The number of carboxylic acid groups (broad SMARTS) is 1. The highest BCUT2D eigenvalue weighted by Gasteiger charge is 2.35. The van der Waals surface area contributed by atoms with Gasteiger partial charge in [-0.3, -0.25) is 9.59 Å². The van der Waals surface area contributed by atoms with Gasteiger partial charge >= 0.3 is 12.1 Å². The third kappa shape index (κ3) is 5.66. The summed E-state index contributed by atoms with van der Waals surface area (Å²) in [6.07, 6.45) is 2.67. The van der Waals surface area contributed by atoms with E-state index in [1.54, 1.807) is 4.90 Å². The number of carboxylic acids is 1. The van der Waals surface area contributed by atoms with E-state index in [-0.39, 0.29) is 36.7 Å². The standard InChI is InChI=1S/C28H34N2O5/c1-2-30(16-8-15-26(31)32)27(33)20-14-7-9-19(20)17-29-28(34)35-18-25-23-12-5-3-10-21(23)22-11-4-6-13-24(22)25/h3-6,10-13,19-20,25H,2,7-9,14-18H2,1H3,(H,29,34)(H,31,32)/t19-,20-/m1/s1. The smallest absolute Gasteiger partial charge is 0.407 e. The van der Waals surface area contributed by atoms with Gasteiger partial charge in [0.1, 0.15) is 6.61 Å². The molecule has 2 aliphatic carbocycles. The number of amides is 2. The topological polar surface area (TPSA) is 95.9 Å². The molecule has 2 aliphatic rings. The summed E-state index contributed by atoms with van der Waals surface area (Å²) < 4.78 is 5.64. The lowest BCUT2D eigenvalue weighted by molar-refractivity contribution is -0.139. The van der Waals surface area contributed by atoms with Crippen molar-refractivity contribution in [1.82, 2.24) is 10.2 Å². The summed E-state index contributed by atoms with van der Waals surface area (Å²) in [5, 5.41) is 11.8. The van der Waals surface area contributed by atoms with Crippen molar-refractivity contribution in [3.8, 4) is 11.1 Å². The molecule has 7 heteroatoms. The number of alkyl carbamates (subject to hydrolysis) is 1. The minimum absolute atomic E-state index is 0.0119. The highest BCUT2D eigenvalue weighted by atomic mass is 16.5. The zero-order valence-electron chi connectivity index (χ0n) is 20.2. The number of carbonyl (C=O) groups excluding carboxylic acids is 2. The third-order valence-electron chi connectivity index (χ3n) is 7.34. The van der Waals surface area contributed by atoms with Crippen LogP contribution < -0.4 is 5.32 Å². The molecule has 4 rings (SSSR count). The average Bonchev–Trinajstić information content (AvgIpc) is 3.46. The SMILES string of the molecule is CCN(CCCC(=O)O)C(=O)[C@@H]1CCC[C@@H]1CNC(=O)OCC1c2ccccc2-c2ccccc21. The fraction of sp³-hybridized carbons (Fsp3) is 0.464. The summed E-state index contributed by atoms with van der Waals surface area (Å²) in [7, 11) is 0. The molecule has 2 amide bonds. The van der Waals surface area contributed by atoms with E-state index in [9.17, 15) is 14.4 Å². The van der Waals surface area contributed by atoms with Crippen LogP contribution in [0.1, 0.15) is 56.1 Å². The number of benzene rings is 2. The van der Waals surface area contributed by atoms with Crippen LogP contribution in [-0.2, 0) is 14.3 Å². The third-order valence-corrected chi connectivity index (χ3v) is 7.34. The number of nitrogens with one attached hydrogen (secondary N) is 1. The van der Waals surface area contributed by atoms with Crippen molar-refractivity contribution in [2.75, 3.05) is 26.2 Å². The Morgan fingerprint density at radius 3 is 2.31 bits per heavy atom. The second-order valence-corrected chi connectivity index (χ2v) is 9.42. The fourth-order valence-corrected chi connectivity index (χ4v) is 5.55. The summed E-state index contributed by atoms with van der Waals surface area (Å²) in [6.45, 7) is 3.59. The predicted molar refractivity (Wildman–Crippen MR) is 133 cm³/mol. The number of aliphatic carboxylic acids is 1. The van der Waals surface area contributed by atoms with E-state index >= 15 is 0 Å². The average molecular weight is 479 g/mol. The van der Waals surface area contributed by atoms with E-state index < -0.39 is 12.1 Å². The van der Waals surface area contributed by atoms with Crippen LogP contribution >= 0.6 is 0 Å². The summed E-state index contributed by atoms with van der Waals surface area (Å²) in [6, 6.07) is 16.5. The van der Waals surface area contributed by atoms with E-state index in [0.29, 0.717) is 26.1 Å². The number of fused-ring (bicyclic) bond motifs is 3. The van der Waals surface area contributed by atoms with Crippen LogP contribution in [0.2, 0.25) is 0 Å². The Hall–Kier alpha value is -3.35. The van der Waals surface area contributed by atoms with Crippen molar-refractivity contribution in [1.29, 1.82) is 0 Å². The lowest BCUT2D eigenvalue weighted by atomic mass is 9.94. The van der Waals surface area contributed by atoms with Crippen LogP contribution in [0, 0.1) is 11.8 Å². The molecule has 1 saturated carbocycles. The number of hydrogen-bond donors (Lipinski definition) is 2. The maximum atomic E-state index is 13.1. The number of ether oxygens (including phenoxy) is 1. The van der Waals surface area contributed by atoms with Crippen molar-refractivity contribution in [2.24, 2.45) is 11.8 Å². The first kappa shape index (κ1) is 24.8. The molecule has 2 N–H and O–H groups in total. The molecule has 2 aromatic rings. The van der Waals surface area contributed by atoms with E-state index in [1.165, 1.54) is 22.3 Å². The molecule has 0 aromatic heterocycles. The summed E-state index contributed by atoms with van der Waals surface area (Å²) in [5.74, 6) is -0.850. The van der Waals surface area contributed by atoms with Gasteiger partial charge in [0.15, 0.2) is 0 Å². The Balaban J connectivity index is 1.29. The van der Waals surface area contributed by atoms with Gasteiger partial charge in [-0.1, -0.05) is 55.0 Å². The molecule has 0 bridgehead atoms. The molecule has 0 heterocycles. The highest BCUT2D eigenvalue weighted by Crippen LogP contribution is 2.44. The molecular formula is C28H34N2O5. The Labute approximate surface area is 206 Å². The second-order valence-electron chi connectivity index (χ2n) is 9.42. The van der Waals surface area contributed by atoms with Gasteiger partial charge in [-0.15, -0.1) is 0 Å². The van der Waals surface area contributed by atoms with Gasteiger partial charge in [-0.05, 0) is 54.4 Å². The van der Waals surface area contributed by atoms with E-state index in [4.69, 9.17) is 9.84 Å². The second kappa shape index (κ2) is 11.4. The first-order chi connectivity index (χ1) is 17.0. The fourth-order valence-electron chi connectivity index (χ4n) is 5.55. The summed E-state index contributed by atoms with van der Waals surface area (Å²) >= 11 is 0. The van der Waals surface area contributed by atoms with Crippen LogP contribution in [0.4, 0.5) is 4.79 Å². The van der Waals surface area contributed by atoms with Gasteiger partial charge in [-0.2, -0.15) is 0 Å². The first-order valence-corrected chi connectivity index (χ1v) is 12.6. The minimum Gasteiger partial charge on any atom is -0.481 e. The van der Waals surface area contributed by atoms with Crippen molar-refractivity contribution >= 4 is 18.0 Å². The predicted octanol–water partition coefficient (Wildman–Crippen LogP) is 4.65. The molecule has 0 spiro atoms. The van der Waals surface area contributed by atoms with Crippen LogP contribution in [0.15, 0.2) is 48.5 Å². The zero-order chi connectivity index (χ0) is 24.8. The lowest BCUT2D eigenvalue weighted by Crippen LogP contribution is -2.41. The zero-order valence-corrected chi connectivity index (χ0v) is 20.2. The molecule has 186 valence electrons. The Kier molecular flexibility index (Phi) is 8.06. The Bertz CT molecular complexity index is 1020. The number of hydrogen-bond acceptors (Lipinski definition) is 4. The quantitative estimate of drug-likeness (QED) is 0.518. The summed E-state index contributed by atoms with van der Waals surface area (Å²) in [4.78, 5) is 38.2. The van der Waals surface area contributed by atoms with E-state index in [1.807, 2.05) is 31.2 Å². The first-order valence-electron chi connectivity index (χ1n) is 12.6. The van der Waals surface area contributed by atoms with E-state index in [0.717, 1.165) is 19.3 Å². The van der Waals surface area contributed by atoms with Gasteiger partial charge < -0.3 is 20.1 Å². The van der Waals surface area contributed by atoms with Crippen LogP contribution in [0.3, 0.4) is 0 Å². The normalized spacial score (nSPS) is 18.5. The van der Waals surface area contributed by atoms with Crippen molar-refractivity contribution < 1.29 is 24.2 Å². The molecule has 0 aliphatic heterocycles. The maximum absolute atomic E-state index is 13.1. The molecule has 2 aromatic carbocycles. The van der Waals surface area contributed by atoms with Crippen molar-refractivity contribution in [3.63, 3.8) is 0 Å². The molecule has 7 nitrogen and oxygen atoms in total. The number of nitrogens with zero attached hydrogens (tertiary/aromatic N) is 1. The Morgan fingerprint density at radius 1 is 1.03 bits per heavy atom. The molecule has 0 saturated heterocycles. The number of rotatable bonds is 10. The Morgan fingerprint density at radius 2 is 1.69 bits per heavy atom. The van der Waals surface area contributed by atoms with Gasteiger partial charge in [0.25, 0.3) is 0 Å². The van der Waals surface area contributed by atoms with Gasteiger partial charge in [-0.25, -0.2) is 4.79 Å². The van der Waals surface area contributed by atoms with Crippen molar-refractivity contribution in [3.05, 3.63) is 59.7 Å². The maximum Gasteiger partial charge on any atom is 0.407 e. The van der Waals surface area contributed by atoms with Crippen LogP contribution in [0.25, 0.3) is 11.1 Å². The van der Waals surface area contributed by atoms with Gasteiger partial charge in [0.05, 0.1) is 0 Å². The molecule has 35 heavy (non-hydrogen) atoms. The van der Waals surface area contributed by atoms with E-state index in [2.05, 4.69) is 29.6 Å². The number of carbonyl (C=O) groups is 3. The van der Waals surface area contributed by atoms with Gasteiger partial charge in [0.2, 0.25) is 5.91 Å². The molecule has 0 unspecified atom stereocenters. The molecular weight excluding hydrogens is 444 g/mol. The lowest BCUT2D eigenvalue weighted by Gasteiger charge is -2.27. The minimum atomic E-state index is -0.848. The monoisotopic (exact) mass is 478 g/mol. The largest absolute Gasteiger partial charge is 0.481 e. The molecule has 0 radical (unpaired) electrons. The molecule has 1 fully saturated rings. The van der Waals surface area contributed by atoms with Gasteiger partial charge in [0, 0.05) is 37.9 Å². The summed E-state index contributed by atoms with van der Waals surface area (Å²) in [5.41, 5.74) is 4.72. The van der Waals surface area contributed by atoms with Crippen LogP contribution in [-0.4, -0.2) is 54.2 Å². The van der Waals surface area contributed by atoms with Crippen LogP contribution in [0.5, 0.6) is 0 Å².